The number of ether oxygens (including phenoxy) is 3. The van der Waals surface area contributed by atoms with E-state index in [0.29, 0.717) is 0 Å². The van der Waals surface area contributed by atoms with Gasteiger partial charge in [-0.2, -0.15) is 74.6 Å². The summed E-state index contributed by atoms with van der Waals surface area (Å²) >= 11 is 0. The van der Waals surface area contributed by atoms with E-state index in [1.54, 1.807) is 0 Å². The molecule has 0 amide bonds. The lowest BCUT2D eigenvalue weighted by atomic mass is 9.99. The van der Waals surface area contributed by atoms with Crippen molar-refractivity contribution >= 4 is 5.97 Å². The number of esters is 1. The van der Waals surface area contributed by atoms with Crippen LogP contribution in [0.1, 0.15) is 20.8 Å². The summed E-state index contributed by atoms with van der Waals surface area (Å²) < 4.78 is 227. The zero-order valence-corrected chi connectivity index (χ0v) is 16.8. The first-order valence-corrected chi connectivity index (χ1v) is 8.08. The SMILES string of the molecule is CC(C)(C)COC(=O)[C@@](F)(OC(F)(F)[C@](F)(OC(F)(F)C(F)(F)C(F)(F)F)C(F)(F)F)C(F)(F)F. The van der Waals surface area contributed by atoms with Gasteiger partial charge in [0.1, 0.15) is 0 Å². The minimum Gasteiger partial charge on any atom is -0.461 e. The Morgan fingerprint density at radius 3 is 1.26 bits per heavy atom. The van der Waals surface area contributed by atoms with Gasteiger partial charge in [0.15, 0.2) is 0 Å². The molecule has 0 bridgehead atoms. The Bertz CT molecular complexity index is 763. The predicted molar refractivity (Wildman–Crippen MR) is 73.3 cm³/mol. The van der Waals surface area contributed by atoms with E-state index in [1.165, 1.54) is 4.74 Å². The summed E-state index contributed by atoms with van der Waals surface area (Å²) in [4.78, 5) is 11.4. The molecule has 0 aliphatic rings. The molecule has 0 aliphatic heterocycles. The molecule has 0 saturated heterocycles. The Hall–Kier alpha value is -1.80. The summed E-state index contributed by atoms with van der Waals surface area (Å²) in [5.74, 6) is -26.4. The van der Waals surface area contributed by atoms with Gasteiger partial charge in [0, 0.05) is 0 Å². The second kappa shape index (κ2) is 8.94. The fraction of sp³-hybridized carbons (Fsp3) is 0.929. The lowest BCUT2D eigenvalue weighted by Crippen LogP contribution is -2.68. The summed E-state index contributed by atoms with van der Waals surface area (Å²) in [5, 5.41) is 0. The third-order valence-electron chi connectivity index (χ3n) is 3.26. The molecular weight excluding hydrogens is 555 g/mol. The number of hydrogen-bond acceptors (Lipinski definition) is 4. The third kappa shape index (κ3) is 6.50. The molecule has 0 aromatic rings. The number of alkyl halides is 17. The van der Waals surface area contributed by atoms with Crippen molar-refractivity contribution in [1.82, 2.24) is 0 Å². The van der Waals surface area contributed by atoms with Gasteiger partial charge in [-0.3, -0.25) is 9.47 Å². The van der Waals surface area contributed by atoms with Crippen molar-refractivity contribution in [2.24, 2.45) is 5.41 Å². The summed E-state index contributed by atoms with van der Waals surface area (Å²) in [5.41, 5.74) is -1.39. The van der Waals surface area contributed by atoms with Crippen LogP contribution in [0.5, 0.6) is 0 Å². The van der Waals surface area contributed by atoms with Gasteiger partial charge in [0.2, 0.25) is 0 Å². The molecule has 0 aromatic heterocycles. The van der Waals surface area contributed by atoms with E-state index in [1.807, 2.05) is 4.74 Å². The Balaban J connectivity index is 6.69. The molecule has 210 valence electrons. The van der Waals surface area contributed by atoms with E-state index in [9.17, 15) is 79.4 Å². The van der Waals surface area contributed by atoms with Crippen LogP contribution in [0.3, 0.4) is 0 Å². The average Bonchev–Trinajstić information content (AvgIpc) is 2.54. The number of rotatable bonds is 8. The largest absolute Gasteiger partial charge is 0.462 e. The fourth-order valence-electron chi connectivity index (χ4n) is 1.52. The van der Waals surface area contributed by atoms with E-state index in [-0.39, 0.29) is 0 Å². The fourth-order valence-corrected chi connectivity index (χ4v) is 1.52. The molecular formula is C14H11F17O4. The molecule has 2 atom stereocenters. The molecule has 35 heavy (non-hydrogen) atoms. The first-order chi connectivity index (χ1) is 14.8. The molecule has 0 spiro atoms. The van der Waals surface area contributed by atoms with E-state index in [2.05, 4.69) is 4.74 Å². The summed E-state index contributed by atoms with van der Waals surface area (Å²) in [6.45, 7) is 1.84. The minimum atomic E-state index is -8.05. The van der Waals surface area contributed by atoms with Crippen LogP contribution in [0, 0.1) is 5.41 Å². The van der Waals surface area contributed by atoms with Gasteiger partial charge in [-0.15, -0.1) is 0 Å². The highest BCUT2D eigenvalue weighted by atomic mass is 19.4. The Morgan fingerprint density at radius 2 is 0.971 bits per heavy atom. The van der Waals surface area contributed by atoms with Gasteiger partial charge in [0.05, 0.1) is 6.61 Å². The highest BCUT2D eigenvalue weighted by molar-refractivity contribution is 5.79. The third-order valence-corrected chi connectivity index (χ3v) is 3.26. The molecule has 0 N–H and O–H groups in total. The van der Waals surface area contributed by atoms with E-state index < -0.39 is 66.4 Å². The molecule has 0 heterocycles. The first kappa shape index (κ1) is 33.2. The zero-order valence-electron chi connectivity index (χ0n) is 16.8. The average molecular weight is 566 g/mol. The van der Waals surface area contributed by atoms with Crippen LogP contribution in [-0.2, 0) is 19.0 Å². The van der Waals surface area contributed by atoms with Crippen molar-refractivity contribution in [2.75, 3.05) is 6.61 Å². The highest BCUT2D eigenvalue weighted by Crippen LogP contribution is 2.56. The van der Waals surface area contributed by atoms with Crippen LogP contribution in [0.15, 0.2) is 0 Å². The second-order valence-electron chi connectivity index (χ2n) is 7.63. The van der Waals surface area contributed by atoms with Gasteiger partial charge in [-0.05, 0) is 5.41 Å². The standard InChI is InChI=1S/C14H11F17O4/c1-6(2,3)4-33-5(32)7(15,10(19,20)21)34-14(30,31)9(18,12(25,26)27)35-13(28,29)8(16,17)11(22,23)24/h4H2,1-3H3/t7-,9-/m1/s1. The molecule has 0 unspecified atom stereocenters. The molecule has 0 aromatic carbocycles. The zero-order chi connectivity index (χ0) is 28.9. The van der Waals surface area contributed by atoms with Gasteiger partial charge < -0.3 is 4.74 Å². The topological polar surface area (TPSA) is 44.8 Å². The van der Waals surface area contributed by atoms with Crippen molar-refractivity contribution in [3.63, 3.8) is 0 Å². The van der Waals surface area contributed by atoms with E-state index in [4.69, 9.17) is 0 Å². The van der Waals surface area contributed by atoms with E-state index in [0.717, 1.165) is 20.8 Å². The van der Waals surface area contributed by atoms with Crippen LogP contribution < -0.4 is 0 Å². The van der Waals surface area contributed by atoms with Gasteiger partial charge in [-0.1, -0.05) is 20.8 Å². The molecule has 4 nitrogen and oxygen atoms in total. The lowest BCUT2D eigenvalue weighted by Gasteiger charge is -2.40. The quantitative estimate of drug-likeness (QED) is 0.251. The van der Waals surface area contributed by atoms with Crippen molar-refractivity contribution in [3.8, 4) is 0 Å². The van der Waals surface area contributed by atoms with Crippen molar-refractivity contribution < 1.29 is 93.6 Å². The van der Waals surface area contributed by atoms with Crippen LogP contribution in [0.25, 0.3) is 0 Å². The van der Waals surface area contributed by atoms with Gasteiger partial charge in [0.25, 0.3) is 0 Å². The smallest absolute Gasteiger partial charge is 0.461 e. The minimum absolute atomic E-state index is 1.05. The van der Waals surface area contributed by atoms with Crippen LogP contribution in [-0.4, -0.2) is 61.0 Å². The Morgan fingerprint density at radius 1 is 0.571 bits per heavy atom. The maximum atomic E-state index is 14.1. The number of carbonyl (C=O) groups excluding carboxylic acids is 1. The first-order valence-electron chi connectivity index (χ1n) is 8.08. The number of carbonyl (C=O) groups is 1. The normalized spacial score (nSPS) is 18.6. The highest BCUT2D eigenvalue weighted by Gasteiger charge is 2.85. The van der Waals surface area contributed by atoms with Crippen molar-refractivity contribution in [3.05, 3.63) is 0 Å². The predicted octanol–water partition coefficient (Wildman–Crippen LogP) is 6.45. The molecule has 0 radical (unpaired) electrons. The molecule has 0 saturated carbocycles. The van der Waals surface area contributed by atoms with Crippen molar-refractivity contribution in [2.45, 2.75) is 69.1 Å². The maximum Gasteiger partial charge on any atom is 0.462 e. The molecule has 21 heteroatoms. The van der Waals surface area contributed by atoms with Gasteiger partial charge in [-0.25, -0.2) is 4.79 Å². The summed E-state index contributed by atoms with van der Waals surface area (Å²) in [6.07, 6.45) is -38.6. The monoisotopic (exact) mass is 566 g/mol. The number of halogens is 17. The maximum absolute atomic E-state index is 14.1. The Labute approximate surface area is 182 Å². The van der Waals surface area contributed by atoms with Crippen molar-refractivity contribution in [1.29, 1.82) is 0 Å². The second-order valence-corrected chi connectivity index (χ2v) is 7.63. The lowest BCUT2D eigenvalue weighted by molar-refractivity contribution is -0.548. The number of hydrogen-bond donors (Lipinski definition) is 0. The van der Waals surface area contributed by atoms with E-state index >= 15 is 0 Å². The molecule has 0 rings (SSSR count). The molecule has 0 aliphatic carbocycles. The van der Waals surface area contributed by atoms with Crippen LogP contribution in [0.4, 0.5) is 74.6 Å². The molecule has 0 fully saturated rings. The van der Waals surface area contributed by atoms with Crippen LogP contribution >= 0.6 is 0 Å². The Kier molecular flexibility index (Phi) is 8.48. The van der Waals surface area contributed by atoms with Crippen LogP contribution in [0.2, 0.25) is 0 Å². The summed E-state index contributed by atoms with van der Waals surface area (Å²) in [6, 6.07) is 0. The van der Waals surface area contributed by atoms with Gasteiger partial charge >= 0.3 is 54.3 Å². The summed E-state index contributed by atoms with van der Waals surface area (Å²) in [7, 11) is 0.